The first kappa shape index (κ1) is 9.85. The van der Waals surface area contributed by atoms with E-state index in [9.17, 15) is 0 Å². The molecule has 0 bridgehead atoms. The van der Waals surface area contributed by atoms with Gasteiger partial charge in [-0.1, -0.05) is 36.9 Å². The highest BCUT2D eigenvalue weighted by Gasteiger charge is 2.05. The van der Waals surface area contributed by atoms with Crippen molar-refractivity contribution in [2.24, 2.45) is 0 Å². The van der Waals surface area contributed by atoms with E-state index in [-0.39, 0.29) is 0 Å². The van der Waals surface area contributed by atoms with Crippen molar-refractivity contribution in [2.75, 3.05) is 0 Å². The average Bonchev–Trinajstić information content (AvgIpc) is 2.83. The van der Waals surface area contributed by atoms with Crippen LogP contribution in [0.15, 0.2) is 55.4 Å². The number of pyridine rings is 1. The molecular weight excluding hydrogens is 208 g/mol. The first-order valence-electron chi connectivity index (χ1n) is 5.53. The van der Waals surface area contributed by atoms with Crippen molar-refractivity contribution in [3.8, 4) is 11.1 Å². The van der Waals surface area contributed by atoms with Crippen LogP contribution in [0.3, 0.4) is 0 Å². The van der Waals surface area contributed by atoms with Crippen molar-refractivity contribution in [1.29, 1.82) is 0 Å². The Bertz CT molecular complexity index is 663. The zero-order valence-corrected chi connectivity index (χ0v) is 9.35. The van der Waals surface area contributed by atoms with Crippen LogP contribution < -0.4 is 0 Å². The molecule has 2 heteroatoms. The van der Waals surface area contributed by atoms with Gasteiger partial charge in [0.25, 0.3) is 0 Å². The van der Waals surface area contributed by atoms with Gasteiger partial charge in [0.15, 0.2) is 0 Å². The Kier molecular flexibility index (Phi) is 2.26. The summed E-state index contributed by atoms with van der Waals surface area (Å²) in [6.45, 7) is 3.76. The molecular formula is C15H12N2. The molecule has 0 unspecified atom stereocenters. The average molecular weight is 220 g/mol. The largest absolute Gasteiger partial charge is 0.346 e. The fraction of sp³-hybridized carbons (Fsp3) is 0. The van der Waals surface area contributed by atoms with Gasteiger partial charge in [-0.2, -0.15) is 0 Å². The Morgan fingerprint density at radius 1 is 1.12 bits per heavy atom. The van der Waals surface area contributed by atoms with Gasteiger partial charge in [-0.15, -0.1) is 0 Å². The van der Waals surface area contributed by atoms with Crippen molar-refractivity contribution < 1.29 is 0 Å². The highest BCUT2D eigenvalue weighted by atomic mass is 14.8. The summed E-state index contributed by atoms with van der Waals surface area (Å²) in [5, 5.41) is 1.15. The highest BCUT2D eigenvalue weighted by molar-refractivity contribution is 5.93. The number of fused-ring (bicyclic) bond motifs is 1. The summed E-state index contributed by atoms with van der Waals surface area (Å²) in [6, 6.07) is 12.4. The monoisotopic (exact) mass is 220 g/mol. The minimum atomic E-state index is 0.926. The molecule has 0 amide bonds. The molecule has 0 fully saturated rings. The van der Waals surface area contributed by atoms with Gasteiger partial charge in [0.1, 0.15) is 5.65 Å². The molecule has 0 aliphatic rings. The summed E-state index contributed by atoms with van der Waals surface area (Å²) in [6.07, 6.45) is 5.64. The van der Waals surface area contributed by atoms with Crippen LogP contribution in [-0.4, -0.2) is 9.97 Å². The van der Waals surface area contributed by atoms with E-state index in [4.69, 9.17) is 0 Å². The lowest BCUT2D eigenvalue weighted by atomic mass is 10.0. The fourth-order valence-corrected chi connectivity index (χ4v) is 1.99. The highest BCUT2D eigenvalue weighted by Crippen LogP contribution is 2.27. The quantitative estimate of drug-likeness (QED) is 0.697. The van der Waals surface area contributed by atoms with Gasteiger partial charge in [0, 0.05) is 23.3 Å². The van der Waals surface area contributed by atoms with E-state index in [1.54, 1.807) is 6.20 Å². The Morgan fingerprint density at radius 2 is 1.94 bits per heavy atom. The molecule has 17 heavy (non-hydrogen) atoms. The summed E-state index contributed by atoms with van der Waals surface area (Å²) in [4.78, 5) is 7.47. The number of benzene rings is 1. The molecule has 82 valence electrons. The number of hydrogen-bond acceptors (Lipinski definition) is 1. The van der Waals surface area contributed by atoms with Gasteiger partial charge in [0.2, 0.25) is 0 Å². The van der Waals surface area contributed by atoms with E-state index in [0.717, 1.165) is 16.6 Å². The number of aromatic amines is 1. The third-order valence-corrected chi connectivity index (χ3v) is 2.91. The normalized spacial score (nSPS) is 10.6. The van der Waals surface area contributed by atoms with Crippen LogP contribution in [0.4, 0.5) is 0 Å². The zero-order chi connectivity index (χ0) is 11.7. The predicted molar refractivity (Wildman–Crippen MR) is 71.6 cm³/mol. The molecule has 0 saturated heterocycles. The van der Waals surface area contributed by atoms with Crippen LogP contribution in [0, 0.1) is 0 Å². The molecule has 3 aromatic rings. The minimum absolute atomic E-state index is 0.926. The van der Waals surface area contributed by atoms with Gasteiger partial charge >= 0.3 is 0 Å². The smallest absolute Gasteiger partial charge is 0.137 e. The lowest BCUT2D eigenvalue weighted by Gasteiger charge is -2.00. The van der Waals surface area contributed by atoms with Gasteiger partial charge in [-0.05, 0) is 23.3 Å². The molecule has 2 nitrogen and oxygen atoms in total. The molecule has 1 N–H and O–H groups in total. The van der Waals surface area contributed by atoms with Gasteiger partial charge < -0.3 is 4.98 Å². The van der Waals surface area contributed by atoms with Crippen molar-refractivity contribution >= 4 is 17.1 Å². The molecule has 0 radical (unpaired) electrons. The minimum Gasteiger partial charge on any atom is -0.346 e. The number of nitrogens with zero attached hydrogens (tertiary/aromatic N) is 1. The van der Waals surface area contributed by atoms with Gasteiger partial charge in [-0.3, -0.25) is 0 Å². The molecule has 0 aliphatic heterocycles. The van der Waals surface area contributed by atoms with E-state index in [1.807, 2.05) is 18.3 Å². The summed E-state index contributed by atoms with van der Waals surface area (Å²) in [7, 11) is 0. The van der Waals surface area contributed by atoms with Crippen molar-refractivity contribution in [2.45, 2.75) is 0 Å². The van der Waals surface area contributed by atoms with Crippen molar-refractivity contribution in [1.82, 2.24) is 9.97 Å². The lowest BCUT2D eigenvalue weighted by Crippen LogP contribution is -1.77. The Morgan fingerprint density at radius 3 is 2.71 bits per heavy atom. The third-order valence-electron chi connectivity index (χ3n) is 2.91. The first-order chi connectivity index (χ1) is 8.38. The van der Waals surface area contributed by atoms with Crippen LogP contribution >= 0.6 is 0 Å². The number of nitrogens with one attached hydrogen (secondary N) is 1. The Labute approximate surface area is 99.6 Å². The molecule has 1 aromatic carbocycles. The summed E-state index contributed by atoms with van der Waals surface area (Å²) in [5.74, 6) is 0. The van der Waals surface area contributed by atoms with E-state index < -0.39 is 0 Å². The third kappa shape index (κ3) is 1.64. The summed E-state index contributed by atoms with van der Waals surface area (Å²) >= 11 is 0. The van der Waals surface area contributed by atoms with Crippen molar-refractivity contribution in [3.05, 3.63) is 60.9 Å². The number of H-pyrrole nitrogens is 1. The number of rotatable bonds is 2. The molecule has 0 atom stereocenters. The van der Waals surface area contributed by atoms with E-state index >= 15 is 0 Å². The van der Waals surface area contributed by atoms with E-state index in [2.05, 4.69) is 46.9 Å². The Balaban J connectivity index is 2.16. The Hall–Kier alpha value is -2.35. The number of hydrogen-bond donors (Lipinski definition) is 1. The summed E-state index contributed by atoms with van der Waals surface area (Å²) in [5.41, 5.74) is 4.43. The lowest BCUT2D eigenvalue weighted by molar-refractivity contribution is 1.33. The van der Waals surface area contributed by atoms with Crippen LogP contribution in [0.2, 0.25) is 0 Å². The molecule has 3 rings (SSSR count). The van der Waals surface area contributed by atoms with E-state index in [1.165, 1.54) is 11.1 Å². The van der Waals surface area contributed by atoms with Crippen molar-refractivity contribution in [3.63, 3.8) is 0 Å². The van der Waals surface area contributed by atoms with Crippen LogP contribution in [0.1, 0.15) is 5.56 Å². The molecule has 0 aliphatic carbocycles. The summed E-state index contributed by atoms with van der Waals surface area (Å²) < 4.78 is 0. The molecule has 2 heterocycles. The second-order valence-corrected chi connectivity index (χ2v) is 3.93. The van der Waals surface area contributed by atoms with Gasteiger partial charge in [-0.25, -0.2) is 4.98 Å². The maximum absolute atomic E-state index is 4.29. The van der Waals surface area contributed by atoms with Crippen LogP contribution in [0.25, 0.3) is 28.2 Å². The number of aromatic nitrogens is 2. The molecule has 2 aromatic heterocycles. The van der Waals surface area contributed by atoms with Crippen LogP contribution in [-0.2, 0) is 0 Å². The maximum atomic E-state index is 4.29. The van der Waals surface area contributed by atoms with Gasteiger partial charge in [0.05, 0.1) is 0 Å². The van der Waals surface area contributed by atoms with Crippen LogP contribution in [0.5, 0.6) is 0 Å². The topological polar surface area (TPSA) is 28.7 Å². The standard InChI is InChI=1S/C15H12N2/c1-2-11-5-7-12(8-6-11)14-10-17-15-13(14)4-3-9-16-15/h2-10H,1H2,(H,16,17). The SMILES string of the molecule is C=Cc1ccc(-c2c[nH]c3ncccc23)cc1. The maximum Gasteiger partial charge on any atom is 0.137 e. The second kappa shape index (κ2) is 3.91. The molecule has 0 spiro atoms. The molecule has 0 saturated carbocycles. The fourth-order valence-electron chi connectivity index (χ4n) is 1.99. The van der Waals surface area contributed by atoms with E-state index in [0.29, 0.717) is 0 Å². The predicted octanol–water partition coefficient (Wildman–Crippen LogP) is 3.87. The second-order valence-electron chi connectivity index (χ2n) is 3.93. The first-order valence-corrected chi connectivity index (χ1v) is 5.53. The zero-order valence-electron chi connectivity index (χ0n) is 9.35.